The molecule has 0 saturated carbocycles. The monoisotopic (exact) mass is 370 g/mol. The van der Waals surface area contributed by atoms with Crippen LogP contribution in [0.15, 0.2) is 38.7 Å². The summed E-state index contributed by atoms with van der Waals surface area (Å²) in [6, 6.07) is 6.94. The van der Waals surface area contributed by atoms with E-state index in [1.165, 1.54) is 11.3 Å². The van der Waals surface area contributed by atoms with Crippen LogP contribution in [0.25, 0.3) is 0 Å². The molecule has 21 heavy (non-hydrogen) atoms. The first-order chi connectivity index (χ1) is 10.1. The maximum atomic E-state index is 11.8. The zero-order chi connectivity index (χ0) is 14.8. The normalized spacial score (nSPS) is 17.9. The number of carbonyl (C=O) groups is 2. The van der Waals surface area contributed by atoms with E-state index >= 15 is 0 Å². The summed E-state index contributed by atoms with van der Waals surface area (Å²) in [4.78, 5) is 25.2. The zero-order valence-corrected chi connectivity index (χ0v) is 13.1. The number of hydrogen-bond acceptors (Lipinski definition) is 5. The summed E-state index contributed by atoms with van der Waals surface area (Å²) >= 11 is 4.60. The molecule has 1 N–H and O–H groups in total. The number of rotatable bonds is 4. The maximum absolute atomic E-state index is 11.8. The number of nitrogens with one attached hydrogen (secondary N) is 1. The van der Waals surface area contributed by atoms with Crippen molar-refractivity contribution in [2.24, 2.45) is 0 Å². The highest BCUT2D eigenvalue weighted by Gasteiger charge is 2.33. The third-order valence-electron chi connectivity index (χ3n) is 2.93. The van der Waals surface area contributed by atoms with Crippen molar-refractivity contribution >= 4 is 44.3 Å². The van der Waals surface area contributed by atoms with Crippen LogP contribution >= 0.6 is 27.3 Å². The molecule has 1 fully saturated rings. The largest absolute Gasteiger partial charge is 0.444 e. The van der Waals surface area contributed by atoms with Crippen LogP contribution in [0.3, 0.4) is 0 Å². The molecule has 1 unspecified atom stereocenters. The summed E-state index contributed by atoms with van der Waals surface area (Å²) < 4.78 is 10.9. The van der Waals surface area contributed by atoms with Crippen molar-refractivity contribution in [2.45, 2.75) is 6.10 Å². The number of cyclic esters (lactones) is 1. The number of thiophene rings is 1. The predicted molar refractivity (Wildman–Crippen MR) is 80.7 cm³/mol. The predicted octanol–water partition coefficient (Wildman–Crippen LogP) is 2.86. The van der Waals surface area contributed by atoms with E-state index in [1.807, 2.05) is 17.5 Å². The van der Waals surface area contributed by atoms with E-state index < -0.39 is 6.09 Å². The molecule has 1 saturated heterocycles. The third-order valence-corrected chi connectivity index (χ3v) is 4.25. The number of anilines is 1. The fraction of sp³-hybridized carbons (Fsp3) is 0.231. The van der Waals surface area contributed by atoms with E-state index in [0.717, 1.165) is 5.00 Å². The molecule has 3 heterocycles. The van der Waals surface area contributed by atoms with Crippen molar-refractivity contribution < 1.29 is 18.7 Å². The van der Waals surface area contributed by atoms with E-state index in [2.05, 4.69) is 21.2 Å². The van der Waals surface area contributed by atoms with Crippen LogP contribution in [0.1, 0.15) is 10.6 Å². The minimum Gasteiger partial charge on any atom is -0.444 e. The quantitative estimate of drug-likeness (QED) is 0.897. The van der Waals surface area contributed by atoms with Gasteiger partial charge in [0.05, 0.1) is 13.1 Å². The SMILES string of the molecule is O=C(NCC1CN(c2cccs2)C(=O)O1)c1ccc(Br)o1. The molecule has 0 spiro atoms. The number of carbonyl (C=O) groups excluding carboxylic acids is 2. The van der Waals surface area contributed by atoms with E-state index in [9.17, 15) is 9.59 Å². The summed E-state index contributed by atoms with van der Waals surface area (Å²) in [5, 5.41) is 5.42. The molecule has 110 valence electrons. The van der Waals surface area contributed by atoms with Crippen LogP contribution in [-0.4, -0.2) is 31.2 Å². The Hall–Kier alpha value is -1.80. The Morgan fingerprint density at radius 1 is 1.48 bits per heavy atom. The van der Waals surface area contributed by atoms with E-state index in [0.29, 0.717) is 11.2 Å². The number of nitrogens with zero attached hydrogens (tertiary/aromatic N) is 1. The minimum atomic E-state index is -0.391. The van der Waals surface area contributed by atoms with Gasteiger partial charge in [-0.15, -0.1) is 11.3 Å². The summed E-state index contributed by atoms with van der Waals surface area (Å²) in [6.45, 7) is 0.659. The molecule has 6 nitrogen and oxygen atoms in total. The Bertz CT molecular complexity index is 655. The van der Waals surface area contributed by atoms with Crippen molar-refractivity contribution in [1.82, 2.24) is 5.32 Å². The number of halogens is 1. The standard InChI is InChI=1S/C13H11BrN2O4S/c14-10-4-3-9(20-10)12(17)15-6-8-7-16(13(18)19-8)11-2-1-5-21-11/h1-5,8H,6-7H2,(H,15,17). The van der Waals surface area contributed by atoms with Crippen molar-refractivity contribution in [3.63, 3.8) is 0 Å². The molecule has 8 heteroatoms. The molecule has 3 rings (SSSR count). The molecule has 1 atom stereocenters. The molecule has 2 aromatic heterocycles. The summed E-state index contributed by atoms with van der Waals surface area (Å²) in [7, 11) is 0. The van der Waals surface area contributed by atoms with Gasteiger partial charge >= 0.3 is 6.09 Å². The van der Waals surface area contributed by atoms with Gasteiger partial charge in [-0.05, 0) is 45.6 Å². The Morgan fingerprint density at radius 2 is 2.33 bits per heavy atom. The van der Waals surface area contributed by atoms with Gasteiger partial charge in [-0.2, -0.15) is 0 Å². The minimum absolute atomic E-state index is 0.210. The second-order valence-electron chi connectivity index (χ2n) is 4.38. The Labute approximate surface area is 132 Å². The lowest BCUT2D eigenvalue weighted by Gasteiger charge is -2.10. The van der Waals surface area contributed by atoms with E-state index in [-0.39, 0.29) is 24.3 Å². The molecule has 0 aromatic carbocycles. The van der Waals surface area contributed by atoms with Crippen molar-refractivity contribution in [3.8, 4) is 0 Å². The van der Waals surface area contributed by atoms with Crippen LogP contribution in [0.2, 0.25) is 0 Å². The molecule has 2 aromatic rings. The molecular formula is C13H11BrN2O4S. The van der Waals surface area contributed by atoms with Gasteiger partial charge in [0.2, 0.25) is 0 Å². The Kier molecular flexibility index (Phi) is 3.98. The summed E-state index contributed by atoms with van der Waals surface area (Å²) in [5.74, 6) is -0.132. The zero-order valence-electron chi connectivity index (χ0n) is 10.7. The summed E-state index contributed by atoms with van der Waals surface area (Å²) in [6.07, 6.45) is -0.764. The molecular weight excluding hydrogens is 360 g/mol. The molecule has 0 bridgehead atoms. The summed E-state index contributed by atoms with van der Waals surface area (Å²) in [5.41, 5.74) is 0. The van der Waals surface area contributed by atoms with Crippen LogP contribution in [0.5, 0.6) is 0 Å². The lowest BCUT2D eigenvalue weighted by Crippen LogP contribution is -2.34. The first kappa shape index (κ1) is 14.2. The second-order valence-corrected chi connectivity index (χ2v) is 6.09. The van der Waals surface area contributed by atoms with Gasteiger partial charge in [0.1, 0.15) is 11.1 Å². The highest BCUT2D eigenvalue weighted by molar-refractivity contribution is 9.10. The molecule has 1 aliphatic heterocycles. The average Bonchev–Trinajstić information content (AvgIpc) is 3.16. The topological polar surface area (TPSA) is 71.8 Å². The van der Waals surface area contributed by atoms with Crippen LogP contribution < -0.4 is 10.2 Å². The number of ether oxygens (including phenoxy) is 1. The fourth-order valence-electron chi connectivity index (χ4n) is 1.96. The van der Waals surface area contributed by atoms with Crippen LogP contribution in [0, 0.1) is 0 Å². The Morgan fingerprint density at radius 3 is 3.00 bits per heavy atom. The van der Waals surface area contributed by atoms with Crippen molar-refractivity contribution in [1.29, 1.82) is 0 Å². The highest BCUT2D eigenvalue weighted by atomic mass is 79.9. The smallest absolute Gasteiger partial charge is 0.415 e. The van der Waals surface area contributed by atoms with Gasteiger partial charge in [-0.3, -0.25) is 9.69 Å². The van der Waals surface area contributed by atoms with Crippen molar-refractivity contribution in [2.75, 3.05) is 18.0 Å². The maximum Gasteiger partial charge on any atom is 0.415 e. The molecule has 0 aliphatic carbocycles. The van der Waals surface area contributed by atoms with Gasteiger partial charge < -0.3 is 14.5 Å². The van der Waals surface area contributed by atoms with Crippen LogP contribution in [0.4, 0.5) is 9.80 Å². The second kappa shape index (κ2) is 5.90. The van der Waals surface area contributed by atoms with Crippen LogP contribution in [-0.2, 0) is 4.74 Å². The van der Waals surface area contributed by atoms with E-state index in [4.69, 9.17) is 9.15 Å². The first-order valence-electron chi connectivity index (χ1n) is 6.18. The van der Waals surface area contributed by atoms with Gasteiger partial charge in [0.25, 0.3) is 5.91 Å². The van der Waals surface area contributed by atoms with Gasteiger partial charge in [-0.25, -0.2) is 4.79 Å². The first-order valence-corrected chi connectivity index (χ1v) is 7.86. The molecule has 0 radical (unpaired) electrons. The number of amides is 2. The number of hydrogen-bond donors (Lipinski definition) is 1. The molecule has 1 aliphatic rings. The van der Waals surface area contributed by atoms with Gasteiger partial charge in [-0.1, -0.05) is 0 Å². The van der Waals surface area contributed by atoms with Gasteiger partial charge in [0, 0.05) is 0 Å². The lowest BCUT2D eigenvalue weighted by molar-refractivity contribution is 0.0888. The van der Waals surface area contributed by atoms with Crippen molar-refractivity contribution in [3.05, 3.63) is 40.1 Å². The van der Waals surface area contributed by atoms with E-state index in [1.54, 1.807) is 17.0 Å². The fourth-order valence-corrected chi connectivity index (χ4v) is 3.00. The van der Waals surface area contributed by atoms with Gasteiger partial charge in [0.15, 0.2) is 10.4 Å². The molecule has 2 amide bonds. The highest BCUT2D eigenvalue weighted by Crippen LogP contribution is 2.26. The number of furan rings is 1. The lowest BCUT2D eigenvalue weighted by atomic mass is 10.3. The average molecular weight is 371 g/mol. The third kappa shape index (κ3) is 3.11. The Balaban J connectivity index is 1.55.